The molecule has 2 unspecified atom stereocenters. The lowest BCUT2D eigenvalue weighted by molar-refractivity contribution is -0.147. The molecule has 0 radical (unpaired) electrons. The van der Waals surface area contributed by atoms with Crippen LogP contribution in [-0.2, 0) is 43.4 Å². The number of hydrogen-bond acceptors (Lipinski definition) is 7. The van der Waals surface area contributed by atoms with Gasteiger partial charge in [0.25, 0.3) is 0 Å². The van der Waals surface area contributed by atoms with Crippen molar-refractivity contribution < 1.29 is 37.8 Å². The number of carbonyl (C=O) groups is 4. The van der Waals surface area contributed by atoms with Crippen molar-refractivity contribution in [3.05, 3.63) is 107 Å². The van der Waals surface area contributed by atoms with Crippen molar-refractivity contribution in [1.29, 1.82) is 0 Å². The maximum Gasteiger partial charge on any atom is 0.408 e. The van der Waals surface area contributed by atoms with Gasteiger partial charge in [-0.15, -0.1) is 0 Å². The molecule has 0 saturated carbocycles. The molecule has 43 heavy (non-hydrogen) atoms. The van der Waals surface area contributed by atoms with Crippen LogP contribution in [0.15, 0.2) is 84.9 Å². The molecule has 3 aromatic rings. The highest BCUT2D eigenvalue weighted by atomic mass is 19.1. The Kier molecular flexibility index (Phi) is 13.5. The van der Waals surface area contributed by atoms with Crippen LogP contribution in [0, 0.1) is 5.82 Å². The predicted octanol–water partition coefficient (Wildman–Crippen LogP) is 4.42. The van der Waals surface area contributed by atoms with E-state index in [1.54, 1.807) is 31.2 Å². The van der Waals surface area contributed by atoms with Crippen molar-refractivity contribution in [2.45, 2.75) is 51.5 Å². The molecule has 0 aliphatic carbocycles. The summed E-state index contributed by atoms with van der Waals surface area (Å²) in [6.45, 7) is 1.99. The minimum absolute atomic E-state index is 0.00809. The molecule has 11 heteroatoms. The van der Waals surface area contributed by atoms with Gasteiger partial charge in [-0.1, -0.05) is 72.8 Å². The molecule has 0 aliphatic rings. The summed E-state index contributed by atoms with van der Waals surface area (Å²) in [6.07, 6.45) is -1.01. The zero-order valence-corrected chi connectivity index (χ0v) is 23.9. The molecule has 10 nitrogen and oxygen atoms in total. The van der Waals surface area contributed by atoms with Crippen LogP contribution in [0.2, 0.25) is 0 Å². The highest BCUT2D eigenvalue weighted by Gasteiger charge is 2.28. The largest absolute Gasteiger partial charge is 0.464 e. The standard InChI is InChI=1S/C32H36FN3O7/c1-2-41-30(38)28(20-23-15-17-26(33)18-16-23)35-29(37)27(36-32(40)43-22-25-12-7-4-8-13-25)14-9-19-34-31(39)42-21-24-10-5-3-6-11-24/h3-8,10-13,15-18,27-28H,2,9,14,19-22H2,1H3,(H,34,39)(H,35,37)(H,36,40). The molecule has 0 aromatic heterocycles. The first kappa shape index (κ1) is 32.6. The number of carbonyl (C=O) groups excluding carboxylic acids is 4. The highest BCUT2D eigenvalue weighted by Crippen LogP contribution is 2.09. The van der Waals surface area contributed by atoms with Gasteiger partial charge in [-0.25, -0.2) is 18.8 Å². The summed E-state index contributed by atoms with van der Waals surface area (Å²) in [6, 6.07) is 21.6. The highest BCUT2D eigenvalue weighted by molar-refractivity contribution is 5.89. The fraction of sp³-hybridized carbons (Fsp3) is 0.312. The van der Waals surface area contributed by atoms with Gasteiger partial charge in [0.2, 0.25) is 5.91 Å². The van der Waals surface area contributed by atoms with Crippen LogP contribution < -0.4 is 16.0 Å². The molecule has 0 fully saturated rings. The molecule has 3 amide bonds. The fourth-order valence-electron chi connectivity index (χ4n) is 4.01. The maximum absolute atomic E-state index is 13.4. The lowest BCUT2D eigenvalue weighted by Gasteiger charge is -2.23. The molecule has 2 atom stereocenters. The Morgan fingerprint density at radius 2 is 1.28 bits per heavy atom. The molecule has 0 aliphatic heterocycles. The summed E-state index contributed by atoms with van der Waals surface area (Å²) in [4.78, 5) is 50.7. The van der Waals surface area contributed by atoms with Crippen LogP contribution >= 0.6 is 0 Å². The monoisotopic (exact) mass is 593 g/mol. The fourth-order valence-corrected chi connectivity index (χ4v) is 4.01. The second-order valence-corrected chi connectivity index (χ2v) is 9.53. The first-order valence-corrected chi connectivity index (χ1v) is 14.0. The average Bonchev–Trinajstić information content (AvgIpc) is 3.02. The minimum Gasteiger partial charge on any atom is -0.464 e. The average molecular weight is 594 g/mol. The van der Waals surface area contributed by atoms with Gasteiger partial charge in [-0.2, -0.15) is 0 Å². The van der Waals surface area contributed by atoms with E-state index in [1.165, 1.54) is 24.3 Å². The molecule has 0 spiro atoms. The van der Waals surface area contributed by atoms with Gasteiger partial charge < -0.3 is 30.2 Å². The Bertz CT molecular complexity index is 1310. The van der Waals surface area contributed by atoms with Crippen molar-refractivity contribution in [3.8, 4) is 0 Å². The molecule has 3 rings (SSSR count). The quantitative estimate of drug-likeness (QED) is 0.135. The Hall–Kier alpha value is -4.93. The summed E-state index contributed by atoms with van der Waals surface area (Å²) in [5, 5.41) is 7.81. The number of ether oxygens (including phenoxy) is 3. The van der Waals surface area contributed by atoms with Gasteiger partial charge in [0.05, 0.1) is 6.61 Å². The molecule has 3 aromatic carbocycles. The number of nitrogens with one attached hydrogen (secondary N) is 3. The van der Waals surface area contributed by atoms with Gasteiger partial charge in [0, 0.05) is 13.0 Å². The van der Waals surface area contributed by atoms with Crippen molar-refractivity contribution >= 4 is 24.1 Å². The Balaban J connectivity index is 1.60. The third-order valence-corrected chi connectivity index (χ3v) is 6.21. The van der Waals surface area contributed by atoms with Gasteiger partial charge >= 0.3 is 18.2 Å². The van der Waals surface area contributed by atoms with Crippen LogP contribution in [0.4, 0.5) is 14.0 Å². The van der Waals surface area contributed by atoms with E-state index in [-0.39, 0.29) is 39.2 Å². The van der Waals surface area contributed by atoms with Gasteiger partial charge in [0.15, 0.2) is 0 Å². The summed E-state index contributed by atoms with van der Waals surface area (Å²) >= 11 is 0. The number of rotatable bonds is 15. The molecule has 0 saturated heterocycles. The molecular formula is C32H36FN3O7. The van der Waals surface area contributed by atoms with E-state index in [2.05, 4.69) is 16.0 Å². The summed E-state index contributed by atoms with van der Waals surface area (Å²) < 4.78 is 29.0. The Morgan fingerprint density at radius 1 is 0.698 bits per heavy atom. The van der Waals surface area contributed by atoms with E-state index < -0.39 is 42.0 Å². The third-order valence-electron chi connectivity index (χ3n) is 6.21. The van der Waals surface area contributed by atoms with E-state index in [9.17, 15) is 23.6 Å². The van der Waals surface area contributed by atoms with Gasteiger partial charge in [-0.05, 0) is 48.6 Å². The van der Waals surface area contributed by atoms with Crippen LogP contribution in [-0.4, -0.2) is 49.3 Å². The number of alkyl carbamates (subject to hydrolysis) is 2. The lowest BCUT2D eigenvalue weighted by Crippen LogP contribution is -2.52. The normalized spacial score (nSPS) is 11.9. The number of amides is 3. The smallest absolute Gasteiger partial charge is 0.408 e. The zero-order chi connectivity index (χ0) is 30.9. The molecular weight excluding hydrogens is 557 g/mol. The topological polar surface area (TPSA) is 132 Å². The van der Waals surface area contributed by atoms with Crippen LogP contribution in [0.25, 0.3) is 0 Å². The van der Waals surface area contributed by atoms with Gasteiger partial charge in [0.1, 0.15) is 31.1 Å². The van der Waals surface area contributed by atoms with Crippen molar-refractivity contribution in [1.82, 2.24) is 16.0 Å². The zero-order valence-electron chi connectivity index (χ0n) is 23.9. The van der Waals surface area contributed by atoms with Crippen molar-refractivity contribution in [2.24, 2.45) is 0 Å². The third kappa shape index (κ3) is 12.2. The summed E-state index contributed by atoms with van der Waals surface area (Å²) in [5.41, 5.74) is 2.20. The number of benzene rings is 3. The van der Waals surface area contributed by atoms with E-state index in [1.807, 2.05) is 36.4 Å². The van der Waals surface area contributed by atoms with Crippen LogP contribution in [0.1, 0.15) is 36.5 Å². The Morgan fingerprint density at radius 3 is 1.86 bits per heavy atom. The molecule has 3 N–H and O–H groups in total. The first-order valence-electron chi connectivity index (χ1n) is 14.0. The molecule has 228 valence electrons. The Labute approximate surface area is 249 Å². The number of esters is 1. The second kappa shape index (κ2) is 17.8. The SMILES string of the molecule is CCOC(=O)C(Cc1ccc(F)cc1)NC(=O)C(CCCNC(=O)OCc1ccccc1)NC(=O)OCc1ccccc1. The van der Waals surface area contributed by atoms with E-state index in [0.29, 0.717) is 12.0 Å². The van der Waals surface area contributed by atoms with Crippen molar-refractivity contribution in [3.63, 3.8) is 0 Å². The number of hydrogen-bond donors (Lipinski definition) is 3. The molecule has 0 bridgehead atoms. The lowest BCUT2D eigenvalue weighted by atomic mass is 10.0. The van der Waals surface area contributed by atoms with E-state index in [4.69, 9.17) is 14.2 Å². The summed E-state index contributed by atoms with van der Waals surface area (Å²) in [5.74, 6) is -1.76. The van der Waals surface area contributed by atoms with E-state index >= 15 is 0 Å². The predicted molar refractivity (Wildman–Crippen MR) is 156 cm³/mol. The summed E-state index contributed by atoms with van der Waals surface area (Å²) in [7, 11) is 0. The minimum atomic E-state index is -1.10. The van der Waals surface area contributed by atoms with Crippen LogP contribution in [0.3, 0.4) is 0 Å². The molecule has 0 heterocycles. The van der Waals surface area contributed by atoms with Crippen molar-refractivity contribution in [2.75, 3.05) is 13.2 Å². The van der Waals surface area contributed by atoms with Crippen LogP contribution in [0.5, 0.6) is 0 Å². The second-order valence-electron chi connectivity index (χ2n) is 9.53. The number of halogens is 1. The maximum atomic E-state index is 13.4. The van der Waals surface area contributed by atoms with Gasteiger partial charge in [-0.3, -0.25) is 4.79 Å². The first-order chi connectivity index (χ1) is 20.8. The van der Waals surface area contributed by atoms with E-state index in [0.717, 1.165) is 11.1 Å².